The number of aliphatic imine (C=N–C) groups is 1. The van der Waals surface area contributed by atoms with Crippen molar-refractivity contribution < 1.29 is 0 Å². The van der Waals surface area contributed by atoms with Gasteiger partial charge in [0, 0.05) is 12.4 Å². The first kappa shape index (κ1) is 9.89. The summed E-state index contributed by atoms with van der Waals surface area (Å²) in [7, 11) is 0. The molecule has 0 aromatic rings. The molecule has 1 nitrogen and oxygen atoms in total. The zero-order valence-electron chi connectivity index (χ0n) is 7.20. The van der Waals surface area contributed by atoms with Crippen molar-refractivity contribution in [1.82, 2.24) is 0 Å². The van der Waals surface area contributed by atoms with Crippen LogP contribution in [0.3, 0.4) is 0 Å². The average molecular weight is 149 g/mol. The lowest BCUT2D eigenvalue weighted by Gasteiger charge is -1.87. The molecule has 0 radical (unpaired) electrons. The van der Waals surface area contributed by atoms with Crippen LogP contribution in [0.2, 0.25) is 0 Å². The number of nitrogens with zero attached hydrogens (tertiary/aromatic N) is 1. The van der Waals surface area contributed by atoms with Gasteiger partial charge in [0.05, 0.1) is 0 Å². The van der Waals surface area contributed by atoms with Crippen molar-refractivity contribution in [3.05, 3.63) is 37.1 Å². The molecule has 0 bridgehead atoms. The van der Waals surface area contributed by atoms with E-state index in [1.807, 2.05) is 24.4 Å². The molecule has 60 valence electrons. The minimum absolute atomic E-state index is 0.517. The SMILES string of the molecule is C=C/C=C\C=C/N=CC(C)C. The minimum Gasteiger partial charge on any atom is -0.269 e. The van der Waals surface area contributed by atoms with Crippen LogP contribution in [0.5, 0.6) is 0 Å². The van der Waals surface area contributed by atoms with Crippen molar-refractivity contribution >= 4 is 6.21 Å². The van der Waals surface area contributed by atoms with E-state index < -0.39 is 0 Å². The normalized spacial score (nSPS) is 12.6. The first-order valence-corrected chi connectivity index (χ1v) is 3.75. The summed E-state index contributed by atoms with van der Waals surface area (Å²) in [5, 5.41) is 0. The zero-order valence-corrected chi connectivity index (χ0v) is 7.20. The fourth-order valence-electron chi connectivity index (χ4n) is 0.464. The lowest BCUT2D eigenvalue weighted by Crippen LogP contribution is -1.84. The summed E-state index contributed by atoms with van der Waals surface area (Å²) in [5.41, 5.74) is 0. The van der Waals surface area contributed by atoms with Crippen LogP contribution >= 0.6 is 0 Å². The highest BCUT2D eigenvalue weighted by Crippen LogP contribution is 1.86. The molecule has 0 rings (SSSR count). The number of hydrogen-bond donors (Lipinski definition) is 0. The Morgan fingerprint density at radius 2 is 1.91 bits per heavy atom. The summed E-state index contributed by atoms with van der Waals surface area (Å²) in [5.74, 6) is 0.517. The van der Waals surface area contributed by atoms with Crippen LogP contribution in [0.25, 0.3) is 0 Å². The van der Waals surface area contributed by atoms with E-state index in [0.29, 0.717) is 5.92 Å². The van der Waals surface area contributed by atoms with Gasteiger partial charge < -0.3 is 0 Å². The summed E-state index contributed by atoms with van der Waals surface area (Å²) < 4.78 is 0. The molecule has 0 saturated carbocycles. The van der Waals surface area contributed by atoms with Gasteiger partial charge in [0.25, 0.3) is 0 Å². The third-order valence-corrected chi connectivity index (χ3v) is 0.915. The highest BCUT2D eigenvalue weighted by atomic mass is 14.7. The van der Waals surface area contributed by atoms with Gasteiger partial charge in [-0.2, -0.15) is 0 Å². The van der Waals surface area contributed by atoms with Crippen molar-refractivity contribution in [2.75, 3.05) is 0 Å². The summed E-state index contributed by atoms with van der Waals surface area (Å²) >= 11 is 0. The molecule has 0 N–H and O–H groups in total. The standard InChI is InChI=1S/C10H15N/c1-4-5-6-7-8-11-9-10(2)3/h4-10H,1H2,2-3H3/b6-5-,8-7-,11-9?. The molecule has 11 heavy (non-hydrogen) atoms. The Bertz CT molecular complexity index is 173. The third-order valence-electron chi connectivity index (χ3n) is 0.915. The van der Waals surface area contributed by atoms with E-state index in [2.05, 4.69) is 25.4 Å². The fraction of sp³-hybridized carbons (Fsp3) is 0.300. The van der Waals surface area contributed by atoms with Crippen LogP contribution in [0.1, 0.15) is 13.8 Å². The van der Waals surface area contributed by atoms with Crippen LogP contribution in [0.15, 0.2) is 42.1 Å². The first-order valence-electron chi connectivity index (χ1n) is 3.75. The number of rotatable bonds is 4. The van der Waals surface area contributed by atoms with Gasteiger partial charge in [0.1, 0.15) is 0 Å². The lowest BCUT2D eigenvalue weighted by atomic mass is 10.2. The minimum atomic E-state index is 0.517. The van der Waals surface area contributed by atoms with E-state index in [4.69, 9.17) is 0 Å². The van der Waals surface area contributed by atoms with Crippen molar-refractivity contribution in [2.45, 2.75) is 13.8 Å². The second-order valence-electron chi connectivity index (χ2n) is 2.50. The van der Waals surface area contributed by atoms with Crippen molar-refractivity contribution in [3.63, 3.8) is 0 Å². The second kappa shape index (κ2) is 7.00. The summed E-state index contributed by atoms with van der Waals surface area (Å²) in [6.45, 7) is 7.74. The Morgan fingerprint density at radius 3 is 2.45 bits per heavy atom. The molecule has 0 aliphatic rings. The van der Waals surface area contributed by atoms with Gasteiger partial charge in [-0.1, -0.05) is 38.7 Å². The molecule has 0 amide bonds. The summed E-state index contributed by atoms with van der Waals surface area (Å²) in [4.78, 5) is 4.05. The molecule has 0 aromatic heterocycles. The average Bonchev–Trinajstić information content (AvgIpc) is 1.96. The maximum Gasteiger partial charge on any atom is 0.0263 e. The Balaban J connectivity index is 3.59. The molecule has 0 atom stereocenters. The highest BCUT2D eigenvalue weighted by Gasteiger charge is 1.79. The van der Waals surface area contributed by atoms with E-state index in [0.717, 1.165) is 0 Å². The highest BCUT2D eigenvalue weighted by molar-refractivity contribution is 5.60. The molecule has 0 aliphatic carbocycles. The van der Waals surface area contributed by atoms with E-state index in [9.17, 15) is 0 Å². The smallest absolute Gasteiger partial charge is 0.0263 e. The van der Waals surface area contributed by atoms with Crippen LogP contribution in [-0.2, 0) is 0 Å². The maximum atomic E-state index is 4.05. The van der Waals surface area contributed by atoms with Crippen LogP contribution in [0.4, 0.5) is 0 Å². The van der Waals surface area contributed by atoms with E-state index in [-0.39, 0.29) is 0 Å². The van der Waals surface area contributed by atoms with E-state index in [1.54, 1.807) is 12.3 Å². The van der Waals surface area contributed by atoms with Gasteiger partial charge in [0.15, 0.2) is 0 Å². The quantitative estimate of drug-likeness (QED) is 0.430. The largest absolute Gasteiger partial charge is 0.269 e. The molecule has 0 spiro atoms. The molecule has 1 heteroatoms. The Hall–Kier alpha value is -1.11. The number of hydrogen-bond acceptors (Lipinski definition) is 1. The third kappa shape index (κ3) is 8.89. The predicted octanol–water partition coefficient (Wildman–Crippen LogP) is 2.97. The van der Waals surface area contributed by atoms with Crippen molar-refractivity contribution in [2.24, 2.45) is 10.9 Å². The molecular weight excluding hydrogens is 134 g/mol. The van der Waals surface area contributed by atoms with Crippen LogP contribution < -0.4 is 0 Å². The Kier molecular flexibility index (Phi) is 6.30. The fourth-order valence-corrected chi connectivity index (χ4v) is 0.464. The zero-order chi connectivity index (χ0) is 8.53. The summed E-state index contributed by atoms with van der Waals surface area (Å²) in [6.07, 6.45) is 11.0. The van der Waals surface area contributed by atoms with Gasteiger partial charge in [0.2, 0.25) is 0 Å². The lowest BCUT2D eigenvalue weighted by molar-refractivity contribution is 0.907. The van der Waals surface area contributed by atoms with Gasteiger partial charge >= 0.3 is 0 Å². The molecule has 0 aliphatic heterocycles. The molecule has 0 heterocycles. The van der Waals surface area contributed by atoms with Crippen LogP contribution in [-0.4, -0.2) is 6.21 Å². The molecule has 0 fully saturated rings. The number of allylic oxidation sites excluding steroid dienone is 4. The maximum absolute atomic E-state index is 4.05. The van der Waals surface area contributed by atoms with Crippen molar-refractivity contribution in [3.8, 4) is 0 Å². The second-order valence-corrected chi connectivity index (χ2v) is 2.50. The summed E-state index contributed by atoms with van der Waals surface area (Å²) in [6, 6.07) is 0. The monoisotopic (exact) mass is 149 g/mol. The van der Waals surface area contributed by atoms with Crippen LogP contribution in [0, 0.1) is 5.92 Å². The van der Waals surface area contributed by atoms with Gasteiger partial charge in [-0.3, -0.25) is 4.99 Å². The predicted molar refractivity (Wildman–Crippen MR) is 51.8 cm³/mol. The Labute approximate surface area is 68.9 Å². The molecule has 0 saturated heterocycles. The molecule has 0 aromatic carbocycles. The van der Waals surface area contributed by atoms with Crippen molar-refractivity contribution in [1.29, 1.82) is 0 Å². The first-order chi connectivity index (χ1) is 5.27. The van der Waals surface area contributed by atoms with E-state index >= 15 is 0 Å². The van der Waals surface area contributed by atoms with Gasteiger partial charge in [-0.15, -0.1) is 0 Å². The molecular formula is C10H15N. The van der Waals surface area contributed by atoms with Gasteiger partial charge in [-0.05, 0) is 12.0 Å². The van der Waals surface area contributed by atoms with Gasteiger partial charge in [-0.25, -0.2) is 0 Å². The Morgan fingerprint density at radius 1 is 1.18 bits per heavy atom. The van der Waals surface area contributed by atoms with E-state index in [1.165, 1.54) is 0 Å². The topological polar surface area (TPSA) is 12.4 Å². The molecule has 0 unspecified atom stereocenters.